The summed E-state index contributed by atoms with van der Waals surface area (Å²) in [7, 11) is 0. The Labute approximate surface area is 326 Å². The minimum Gasteiger partial charge on any atom is -0.375 e. The monoisotopic (exact) mass is 766 g/mol. The molecule has 7 heterocycles. The number of aromatic nitrogens is 3. The van der Waals surface area contributed by atoms with Gasteiger partial charge in [0.05, 0.1) is 24.8 Å². The zero-order chi connectivity index (χ0) is 38.4. The third kappa shape index (κ3) is 7.53. The SMILES string of the molecule is C[C@@H]1Cc2c([nH]c3ccccc23)[C@@H](c2cnc(N3CCC4(CC3)CC(CN3CCC(c5ccc(N[C@@H]6CCC(=O)NC6=O)cc5)CC3)CO4)nc2)N1CC(F)F. The fourth-order valence-electron chi connectivity index (χ4n) is 10.2. The van der Waals surface area contributed by atoms with Crippen LogP contribution in [0.5, 0.6) is 0 Å². The number of imide groups is 1. The summed E-state index contributed by atoms with van der Waals surface area (Å²) < 4.78 is 34.3. The van der Waals surface area contributed by atoms with Gasteiger partial charge in [0, 0.05) is 72.3 Å². The number of nitrogens with zero attached hydrogens (tertiary/aromatic N) is 5. The summed E-state index contributed by atoms with van der Waals surface area (Å²) in [5.74, 6) is 1.28. The maximum absolute atomic E-state index is 13.9. The summed E-state index contributed by atoms with van der Waals surface area (Å²) in [4.78, 5) is 43.6. The third-order valence-corrected chi connectivity index (χ3v) is 13.1. The molecule has 5 aliphatic heterocycles. The van der Waals surface area contributed by atoms with Gasteiger partial charge in [0.25, 0.3) is 6.43 Å². The molecule has 2 aromatic carbocycles. The highest BCUT2D eigenvalue weighted by atomic mass is 19.3. The predicted octanol–water partition coefficient (Wildman–Crippen LogP) is 6.03. The lowest BCUT2D eigenvalue weighted by Gasteiger charge is -2.41. The summed E-state index contributed by atoms with van der Waals surface area (Å²) in [5, 5.41) is 6.84. The minimum absolute atomic E-state index is 0.0527. The number of anilines is 2. The fraction of sp³-hybridized carbons (Fsp3) is 0.535. The van der Waals surface area contributed by atoms with Crippen LogP contribution >= 0.6 is 0 Å². The standard InChI is InChI=1S/C43H52F2N8O3/c1-27-20-34-33-4-2-3-5-35(33)49-39(34)40(53(27)25-37(44)45)31-22-46-42(47-23-31)52-18-14-43(15-19-52)21-28(26-56-43)24-51-16-12-30(13-17-51)29-6-8-32(9-7-29)48-36-10-11-38(54)50-41(36)55/h2-9,22-23,27-28,30,36-37,40,48-49H,10-21,24-26H2,1H3,(H,50,54,55)/t27-,28?,36-,40-/m1/s1. The zero-order valence-electron chi connectivity index (χ0n) is 32.1. The minimum atomic E-state index is -2.44. The van der Waals surface area contributed by atoms with Crippen molar-refractivity contribution in [2.45, 2.75) is 94.4 Å². The molecule has 3 N–H and O–H groups in total. The number of likely N-dealkylation sites (tertiary alicyclic amines) is 1. The second-order valence-electron chi connectivity index (χ2n) is 16.8. The molecule has 0 aliphatic carbocycles. The molecule has 0 saturated carbocycles. The molecule has 1 unspecified atom stereocenters. The van der Waals surface area contributed by atoms with Crippen LogP contribution in [0.15, 0.2) is 60.9 Å². The number of nitrogens with one attached hydrogen (secondary N) is 3. The molecule has 4 aromatic rings. The van der Waals surface area contributed by atoms with Crippen LogP contribution in [0.1, 0.15) is 86.2 Å². The number of fused-ring (bicyclic) bond motifs is 3. The van der Waals surface area contributed by atoms with E-state index in [2.05, 4.69) is 55.7 Å². The average molecular weight is 767 g/mol. The number of halogens is 2. The molecule has 5 aliphatic rings. The topological polar surface area (TPSA) is 119 Å². The normalized spacial score (nSPS) is 26.2. The van der Waals surface area contributed by atoms with Gasteiger partial charge in [-0.25, -0.2) is 18.7 Å². The van der Waals surface area contributed by atoms with Gasteiger partial charge < -0.3 is 24.8 Å². The number of aromatic amines is 1. The van der Waals surface area contributed by atoms with Crippen molar-refractivity contribution < 1.29 is 23.1 Å². The second kappa shape index (κ2) is 15.5. The molecule has 0 bridgehead atoms. The lowest BCUT2D eigenvalue weighted by Crippen LogP contribution is -2.47. The van der Waals surface area contributed by atoms with Crippen molar-refractivity contribution in [3.8, 4) is 0 Å². The Morgan fingerprint density at radius 3 is 2.45 bits per heavy atom. The highest BCUT2D eigenvalue weighted by molar-refractivity contribution is 6.01. The average Bonchev–Trinajstić information content (AvgIpc) is 3.77. The molecule has 2 amide bonds. The van der Waals surface area contributed by atoms with Gasteiger partial charge in [0.2, 0.25) is 17.8 Å². The maximum Gasteiger partial charge on any atom is 0.251 e. The Bertz CT molecular complexity index is 2020. The molecular formula is C43H52F2N8O3. The van der Waals surface area contributed by atoms with E-state index in [9.17, 15) is 18.4 Å². The number of carbonyl (C=O) groups excluding carboxylic acids is 2. The summed E-state index contributed by atoms with van der Waals surface area (Å²) in [5.41, 5.74) is 6.16. The van der Waals surface area contributed by atoms with E-state index in [0.29, 0.717) is 37.0 Å². The van der Waals surface area contributed by atoms with Crippen molar-refractivity contribution in [1.82, 2.24) is 30.1 Å². The third-order valence-electron chi connectivity index (χ3n) is 13.1. The first-order valence-corrected chi connectivity index (χ1v) is 20.5. The van der Waals surface area contributed by atoms with Gasteiger partial charge in [-0.05, 0) is 106 Å². The number of hydrogen-bond donors (Lipinski definition) is 3. The highest BCUT2D eigenvalue weighted by Gasteiger charge is 2.44. The quantitative estimate of drug-likeness (QED) is 0.176. The summed E-state index contributed by atoms with van der Waals surface area (Å²) in [6.45, 7) is 7.40. The second-order valence-corrected chi connectivity index (χ2v) is 16.8. The van der Waals surface area contributed by atoms with Crippen molar-refractivity contribution >= 4 is 34.4 Å². The Kier molecular flexibility index (Phi) is 10.3. The molecule has 9 rings (SSSR count). The van der Waals surface area contributed by atoms with Crippen molar-refractivity contribution in [3.63, 3.8) is 0 Å². The number of ether oxygens (including phenoxy) is 1. The van der Waals surface area contributed by atoms with Crippen LogP contribution in [0.3, 0.4) is 0 Å². The molecule has 11 nitrogen and oxygen atoms in total. The molecule has 13 heteroatoms. The van der Waals surface area contributed by atoms with Crippen LogP contribution in [-0.2, 0) is 20.7 Å². The number of hydrogen-bond acceptors (Lipinski definition) is 9. The van der Waals surface area contributed by atoms with Crippen LogP contribution < -0.4 is 15.5 Å². The van der Waals surface area contributed by atoms with Crippen molar-refractivity contribution in [1.29, 1.82) is 0 Å². The molecular weight excluding hydrogens is 715 g/mol. The van der Waals surface area contributed by atoms with Crippen molar-refractivity contribution in [2.24, 2.45) is 5.92 Å². The van der Waals surface area contributed by atoms with E-state index in [1.54, 1.807) is 0 Å². The number of piperidine rings is 3. The lowest BCUT2D eigenvalue weighted by atomic mass is 9.84. The van der Waals surface area contributed by atoms with Gasteiger partial charge in [-0.1, -0.05) is 30.3 Å². The van der Waals surface area contributed by atoms with Gasteiger partial charge in [0.15, 0.2) is 0 Å². The lowest BCUT2D eigenvalue weighted by molar-refractivity contribution is -0.133. The summed E-state index contributed by atoms with van der Waals surface area (Å²) in [6, 6.07) is 15.8. The number of benzene rings is 2. The molecule has 0 radical (unpaired) electrons. The Hall–Kier alpha value is -4.46. The summed E-state index contributed by atoms with van der Waals surface area (Å²) >= 11 is 0. The molecule has 1 spiro atoms. The number of H-pyrrole nitrogens is 1. The Morgan fingerprint density at radius 2 is 1.71 bits per heavy atom. The van der Waals surface area contributed by atoms with Crippen LogP contribution in [0.2, 0.25) is 0 Å². The zero-order valence-corrected chi connectivity index (χ0v) is 32.1. The van der Waals surface area contributed by atoms with E-state index in [-0.39, 0.29) is 42.1 Å². The first kappa shape index (κ1) is 37.1. The van der Waals surface area contributed by atoms with Crippen LogP contribution in [0.4, 0.5) is 20.4 Å². The Morgan fingerprint density at radius 1 is 0.964 bits per heavy atom. The van der Waals surface area contributed by atoms with Crippen LogP contribution in [-0.4, -0.2) is 107 Å². The molecule has 4 atom stereocenters. The van der Waals surface area contributed by atoms with E-state index >= 15 is 0 Å². The van der Waals surface area contributed by atoms with Gasteiger partial charge in [0.1, 0.15) is 6.04 Å². The molecule has 296 valence electrons. The van der Waals surface area contributed by atoms with Gasteiger partial charge in [-0.2, -0.15) is 0 Å². The number of amides is 2. The molecule has 2 aromatic heterocycles. The Balaban J connectivity index is 0.765. The largest absolute Gasteiger partial charge is 0.375 e. The number of para-hydroxylation sites is 1. The van der Waals surface area contributed by atoms with E-state index in [4.69, 9.17) is 14.7 Å². The maximum atomic E-state index is 13.9. The first-order chi connectivity index (χ1) is 27.2. The first-order valence-electron chi connectivity index (χ1n) is 20.5. The predicted molar refractivity (Wildman–Crippen MR) is 211 cm³/mol. The van der Waals surface area contributed by atoms with E-state index < -0.39 is 6.43 Å². The van der Waals surface area contributed by atoms with Gasteiger partial charge in [-0.3, -0.25) is 19.8 Å². The number of alkyl halides is 2. The van der Waals surface area contributed by atoms with Crippen molar-refractivity contribution in [2.75, 3.05) is 56.1 Å². The van der Waals surface area contributed by atoms with Gasteiger partial charge in [-0.15, -0.1) is 0 Å². The molecule has 4 saturated heterocycles. The van der Waals surface area contributed by atoms with Crippen LogP contribution in [0, 0.1) is 5.92 Å². The van der Waals surface area contributed by atoms with E-state index in [1.165, 1.54) is 11.1 Å². The van der Waals surface area contributed by atoms with Crippen molar-refractivity contribution in [3.05, 3.63) is 83.3 Å². The summed E-state index contributed by atoms with van der Waals surface area (Å²) in [6.07, 6.45) is 8.03. The highest BCUT2D eigenvalue weighted by Crippen LogP contribution is 2.42. The van der Waals surface area contributed by atoms with E-state index in [0.717, 1.165) is 99.3 Å². The van der Waals surface area contributed by atoms with Gasteiger partial charge >= 0.3 is 0 Å². The van der Waals surface area contributed by atoms with E-state index in [1.807, 2.05) is 42.4 Å². The van der Waals surface area contributed by atoms with Crippen LogP contribution in [0.25, 0.3) is 10.9 Å². The fourth-order valence-corrected chi connectivity index (χ4v) is 10.2. The molecule has 4 fully saturated rings. The smallest absolute Gasteiger partial charge is 0.251 e. The number of carbonyl (C=O) groups is 2. The molecule has 56 heavy (non-hydrogen) atoms. The number of rotatable bonds is 9.